The highest BCUT2D eigenvalue weighted by molar-refractivity contribution is 7.89. The van der Waals surface area contributed by atoms with Crippen molar-refractivity contribution in [2.45, 2.75) is 44.4 Å². The van der Waals surface area contributed by atoms with Gasteiger partial charge in [0.15, 0.2) is 6.61 Å². The van der Waals surface area contributed by atoms with Crippen LogP contribution in [0, 0.1) is 13.8 Å². The molecule has 2 aromatic carbocycles. The van der Waals surface area contributed by atoms with Crippen LogP contribution in [0.3, 0.4) is 0 Å². The van der Waals surface area contributed by atoms with Gasteiger partial charge >= 0.3 is 5.97 Å². The fourth-order valence-corrected chi connectivity index (χ4v) is 5.61. The van der Waals surface area contributed by atoms with Crippen LogP contribution in [-0.2, 0) is 19.6 Å². The summed E-state index contributed by atoms with van der Waals surface area (Å²) in [5.41, 5.74) is 2.29. The lowest BCUT2D eigenvalue weighted by atomic mass is 10.1. The summed E-state index contributed by atoms with van der Waals surface area (Å²) in [4.78, 5) is 24.7. The van der Waals surface area contributed by atoms with Gasteiger partial charge in [-0.15, -0.1) is 0 Å². The molecule has 0 spiro atoms. The number of nitrogens with zero attached hydrogens (tertiary/aromatic N) is 1. The number of aryl methyl sites for hydroxylation is 2. The third-order valence-corrected chi connectivity index (χ3v) is 7.50. The van der Waals surface area contributed by atoms with Gasteiger partial charge in [0.05, 0.1) is 21.2 Å². The fraction of sp³-hybridized carbons (Fsp3) is 0.391. The summed E-state index contributed by atoms with van der Waals surface area (Å²) in [5.74, 6) is -1.32. The van der Waals surface area contributed by atoms with E-state index in [1.54, 1.807) is 6.07 Å². The molecule has 0 radical (unpaired) electrons. The van der Waals surface area contributed by atoms with E-state index in [0.717, 1.165) is 36.8 Å². The minimum absolute atomic E-state index is 0.0420. The minimum atomic E-state index is -3.69. The van der Waals surface area contributed by atoms with Crippen LogP contribution in [0.5, 0.6) is 0 Å². The van der Waals surface area contributed by atoms with Gasteiger partial charge in [0.25, 0.3) is 5.91 Å². The number of halogens is 1. The normalized spacial score (nSPS) is 15.1. The first-order chi connectivity index (χ1) is 15.2. The molecule has 0 bridgehead atoms. The molecule has 1 fully saturated rings. The highest BCUT2D eigenvalue weighted by atomic mass is 35.5. The zero-order valence-electron chi connectivity index (χ0n) is 18.2. The van der Waals surface area contributed by atoms with Gasteiger partial charge in [0.2, 0.25) is 10.0 Å². The number of hydrogen-bond donors (Lipinski definition) is 1. The van der Waals surface area contributed by atoms with Crippen LogP contribution in [0.25, 0.3) is 0 Å². The maximum atomic E-state index is 13.0. The smallest absolute Gasteiger partial charge is 0.338 e. The topological polar surface area (TPSA) is 92.8 Å². The molecule has 0 aliphatic carbocycles. The number of carbonyl (C=O) groups is 2. The summed E-state index contributed by atoms with van der Waals surface area (Å²) in [6, 6.07) is 9.32. The van der Waals surface area contributed by atoms with Gasteiger partial charge in [-0.05, 0) is 62.1 Å². The SMILES string of the molecule is Cc1cc(C)c(NC(=O)COC(=O)c2cccc(S(=O)(=O)N3CCCCCC3)c2)c(Cl)c1. The Morgan fingerprint density at radius 1 is 1.06 bits per heavy atom. The number of hydrogen-bond acceptors (Lipinski definition) is 5. The van der Waals surface area contributed by atoms with Gasteiger partial charge in [0.1, 0.15) is 0 Å². The Bertz CT molecular complexity index is 1090. The van der Waals surface area contributed by atoms with Crippen LogP contribution in [-0.4, -0.2) is 44.3 Å². The van der Waals surface area contributed by atoms with Crippen molar-refractivity contribution in [2.75, 3.05) is 25.0 Å². The molecule has 1 N–H and O–H groups in total. The first kappa shape index (κ1) is 24.2. The van der Waals surface area contributed by atoms with E-state index in [0.29, 0.717) is 23.8 Å². The number of nitrogens with one attached hydrogen (secondary N) is 1. The summed E-state index contributed by atoms with van der Waals surface area (Å²) in [6.45, 7) is 4.13. The number of carbonyl (C=O) groups excluding carboxylic acids is 2. The highest BCUT2D eigenvalue weighted by Crippen LogP contribution is 2.27. The Hall–Kier alpha value is -2.42. The van der Waals surface area contributed by atoms with Gasteiger partial charge in [-0.25, -0.2) is 13.2 Å². The van der Waals surface area contributed by atoms with Crippen molar-refractivity contribution in [3.63, 3.8) is 0 Å². The van der Waals surface area contributed by atoms with E-state index in [1.807, 2.05) is 19.9 Å². The first-order valence-electron chi connectivity index (χ1n) is 10.5. The monoisotopic (exact) mass is 478 g/mol. The molecule has 3 rings (SSSR count). The van der Waals surface area contributed by atoms with Gasteiger partial charge in [-0.2, -0.15) is 4.31 Å². The molecule has 1 heterocycles. The van der Waals surface area contributed by atoms with Gasteiger partial charge < -0.3 is 10.1 Å². The number of amides is 1. The van der Waals surface area contributed by atoms with Crippen molar-refractivity contribution in [1.29, 1.82) is 0 Å². The molecule has 7 nitrogen and oxygen atoms in total. The van der Waals surface area contributed by atoms with Crippen LogP contribution < -0.4 is 5.32 Å². The van der Waals surface area contributed by atoms with E-state index in [-0.39, 0.29) is 10.5 Å². The number of rotatable bonds is 6. The zero-order valence-corrected chi connectivity index (χ0v) is 19.8. The average molecular weight is 479 g/mol. The molecule has 0 saturated carbocycles. The van der Waals surface area contributed by atoms with E-state index in [1.165, 1.54) is 28.6 Å². The van der Waals surface area contributed by atoms with Gasteiger partial charge in [0, 0.05) is 13.1 Å². The van der Waals surface area contributed by atoms with Crippen molar-refractivity contribution >= 4 is 39.2 Å². The van der Waals surface area contributed by atoms with Crippen molar-refractivity contribution in [3.05, 3.63) is 58.1 Å². The lowest BCUT2D eigenvalue weighted by molar-refractivity contribution is -0.119. The second-order valence-electron chi connectivity index (χ2n) is 7.91. The van der Waals surface area contributed by atoms with Crippen molar-refractivity contribution in [1.82, 2.24) is 4.31 Å². The third kappa shape index (κ3) is 5.88. The van der Waals surface area contributed by atoms with Gasteiger partial charge in [-0.3, -0.25) is 4.79 Å². The number of benzene rings is 2. The fourth-order valence-electron chi connectivity index (χ4n) is 3.68. The average Bonchev–Trinajstić information content (AvgIpc) is 3.05. The van der Waals surface area contributed by atoms with Crippen LogP contribution in [0.15, 0.2) is 41.3 Å². The van der Waals surface area contributed by atoms with Crippen molar-refractivity contribution in [3.8, 4) is 0 Å². The molecule has 172 valence electrons. The largest absolute Gasteiger partial charge is 0.452 e. The lowest BCUT2D eigenvalue weighted by Gasteiger charge is -2.20. The van der Waals surface area contributed by atoms with E-state index < -0.39 is 28.5 Å². The summed E-state index contributed by atoms with van der Waals surface area (Å²) in [6.07, 6.45) is 3.66. The second kappa shape index (κ2) is 10.5. The van der Waals surface area contributed by atoms with E-state index in [9.17, 15) is 18.0 Å². The van der Waals surface area contributed by atoms with Crippen LogP contribution in [0.1, 0.15) is 47.2 Å². The number of ether oxygens (including phenoxy) is 1. The van der Waals surface area contributed by atoms with Crippen LogP contribution >= 0.6 is 11.6 Å². The summed E-state index contributed by atoms with van der Waals surface area (Å²) < 4.78 is 32.5. The predicted octanol–water partition coefficient (Wildman–Crippen LogP) is 4.32. The molecule has 0 unspecified atom stereocenters. The Morgan fingerprint density at radius 2 is 1.75 bits per heavy atom. The molecule has 0 atom stereocenters. The Morgan fingerprint density at radius 3 is 2.41 bits per heavy atom. The summed E-state index contributed by atoms with van der Waals surface area (Å²) in [5, 5.41) is 3.04. The molecule has 9 heteroatoms. The Labute approximate surface area is 193 Å². The van der Waals surface area contributed by atoms with Crippen molar-refractivity contribution in [2.24, 2.45) is 0 Å². The van der Waals surface area contributed by atoms with Gasteiger partial charge in [-0.1, -0.05) is 36.6 Å². The molecule has 2 aromatic rings. The molecule has 0 aromatic heterocycles. The summed E-state index contributed by atoms with van der Waals surface area (Å²) in [7, 11) is -3.69. The number of sulfonamides is 1. The molecular formula is C23H27ClN2O5S. The Balaban J connectivity index is 1.65. The van der Waals surface area contributed by atoms with E-state index in [4.69, 9.17) is 16.3 Å². The molecule has 1 saturated heterocycles. The second-order valence-corrected chi connectivity index (χ2v) is 10.3. The van der Waals surface area contributed by atoms with Crippen LogP contribution in [0.4, 0.5) is 5.69 Å². The zero-order chi connectivity index (χ0) is 23.3. The third-order valence-electron chi connectivity index (χ3n) is 5.30. The molecular weight excluding hydrogens is 452 g/mol. The molecule has 1 amide bonds. The standard InChI is InChI=1S/C23H27ClN2O5S/c1-16-12-17(2)22(20(24)13-16)25-21(27)15-31-23(28)18-8-7-9-19(14-18)32(29,30)26-10-5-3-4-6-11-26/h7-9,12-14H,3-6,10-11,15H2,1-2H3,(H,25,27). The van der Waals surface area contributed by atoms with Crippen molar-refractivity contribution < 1.29 is 22.7 Å². The quantitative estimate of drug-likeness (QED) is 0.624. The highest BCUT2D eigenvalue weighted by Gasteiger charge is 2.26. The molecule has 1 aliphatic heterocycles. The first-order valence-corrected chi connectivity index (χ1v) is 12.3. The number of anilines is 1. The van der Waals surface area contributed by atoms with E-state index in [2.05, 4.69) is 5.32 Å². The maximum absolute atomic E-state index is 13.0. The molecule has 32 heavy (non-hydrogen) atoms. The van der Waals surface area contributed by atoms with Crippen LogP contribution in [0.2, 0.25) is 5.02 Å². The predicted molar refractivity (Wildman–Crippen MR) is 124 cm³/mol. The maximum Gasteiger partial charge on any atom is 0.338 e. The van der Waals surface area contributed by atoms with E-state index >= 15 is 0 Å². The lowest BCUT2D eigenvalue weighted by Crippen LogP contribution is -2.32. The molecule has 1 aliphatic rings. The number of esters is 1. The summed E-state index contributed by atoms with van der Waals surface area (Å²) >= 11 is 6.19. The minimum Gasteiger partial charge on any atom is -0.452 e. The Kier molecular flexibility index (Phi) is 7.92.